The van der Waals surface area contributed by atoms with Crippen LogP contribution in [0.5, 0.6) is 11.5 Å². The first-order chi connectivity index (χ1) is 15.2. The summed E-state index contributed by atoms with van der Waals surface area (Å²) in [7, 11) is 5.63. The lowest BCUT2D eigenvalue weighted by molar-refractivity contribution is -0.0979. The Balaban J connectivity index is 0.00000166. The minimum absolute atomic E-state index is 0.244. The van der Waals surface area contributed by atoms with Crippen LogP contribution >= 0.6 is 0 Å². The van der Waals surface area contributed by atoms with E-state index in [1.165, 1.54) is 0 Å². The SMILES string of the molecule is C=O.CNCCC(CCNC)c1cc(-c2ccc(OC)cc2)n(-c2ccc(O)cc2)n1. The minimum atomic E-state index is 0.244. The number of aromatic nitrogens is 2. The van der Waals surface area contributed by atoms with E-state index in [1.807, 2.05) is 62.0 Å². The molecule has 0 fully saturated rings. The van der Waals surface area contributed by atoms with Gasteiger partial charge in [-0.3, -0.25) is 0 Å². The molecule has 0 spiro atoms. The molecule has 0 saturated carbocycles. The molecule has 7 nitrogen and oxygen atoms in total. The molecule has 31 heavy (non-hydrogen) atoms. The molecule has 1 heterocycles. The minimum Gasteiger partial charge on any atom is -0.508 e. The van der Waals surface area contributed by atoms with Crippen LogP contribution in [0.1, 0.15) is 24.5 Å². The van der Waals surface area contributed by atoms with E-state index >= 15 is 0 Å². The number of hydrogen-bond donors (Lipinski definition) is 3. The number of methoxy groups -OCH3 is 1. The van der Waals surface area contributed by atoms with Crippen LogP contribution in [0, 0.1) is 0 Å². The molecule has 3 N–H and O–H groups in total. The summed E-state index contributed by atoms with van der Waals surface area (Å²) < 4.78 is 7.26. The highest BCUT2D eigenvalue weighted by atomic mass is 16.5. The number of phenols is 1. The van der Waals surface area contributed by atoms with Crippen LogP contribution in [0.2, 0.25) is 0 Å². The zero-order valence-corrected chi connectivity index (χ0v) is 18.5. The van der Waals surface area contributed by atoms with Gasteiger partial charge in [0.2, 0.25) is 0 Å². The van der Waals surface area contributed by atoms with Gasteiger partial charge in [-0.25, -0.2) is 4.68 Å². The van der Waals surface area contributed by atoms with Crippen molar-refractivity contribution in [1.82, 2.24) is 20.4 Å². The predicted molar refractivity (Wildman–Crippen MR) is 124 cm³/mol. The lowest BCUT2D eigenvalue weighted by atomic mass is 9.96. The van der Waals surface area contributed by atoms with E-state index in [9.17, 15) is 5.11 Å². The standard InChI is InChI=1S/C23H30N4O2.CH2O/c1-24-14-12-17(13-15-25-2)22-16-23(18-4-10-21(29-3)11-5-18)27(26-22)19-6-8-20(28)9-7-19;1-2/h4-11,16-17,24-25,28H,12-15H2,1-3H3;1H2. The maximum absolute atomic E-state index is 9.68. The molecular formula is C24H32N4O3. The molecule has 2 aromatic carbocycles. The second kappa shape index (κ2) is 12.5. The van der Waals surface area contributed by atoms with E-state index in [0.29, 0.717) is 5.92 Å². The van der Waals surface area contributed by atoms with E-state index in [1.54, 1.807) is 19.2 Å². The number of ether oxygens (including phenoxy) is 1. The number of rotatable bonds is 10. The van der Waals surface area contributed by atoms with Crippen molar-refractivity contribution >= 4 is 6.79 Å². The van der Waals surface area contributed by atoms with Gasteiger partial charge in [-0.2, -0.15) is 5.10 Å². The fourth-order valence-electron chi connectivity index (χ4n) is 3.43. The largest absolute Gasteiger partial charge is 0.508 e. The highest BCUT2D eigenvalue weighted by molar-refractivity contribution is 5.64. The van der Waals surface area contributed by atoms with Crippen molar-refractivity contribution in [3.8, 4) is 28.4 Å². The molecule has 0 aliphatic rings. The van der Waals surface area contributed by atoms with Crippen LogP contribution < -0.4 is 15.4 Å². The number of carbonyl (C=O) groups is 1. The topological polar surface area (TPSA) is 88.4 Å². The van der Waals surface area contributed by atoms with Crippen LogP contribution in [-0.4, -0.2) is 56.0 Å². The summed E-state index contributed by atoms with van der Waals surface area (Å²) in [5, 5.41) is 21.2. The summed E-state index contributed by atoms with van der Waals surface area (Å²) in [4.78, 5) is 8.00. The molecule has 0 radical (unpaired) electrons. The molecule has 0 amide bonds. The molecule has 166 valence electrons. The molecule has 0 aliphatic carbocycles. The van der Waals surface area contributed by atoms with Crippen LogP contribution in [0.4, 0.5) is 0 Å². The summed E-state index contributed by atoms with van der Waals surface area (Å²) >= 11 is 0. The van der Waals surface area contributed by atoms with Crippen molar-refractivity contribution in [2.75, 3.05) is 34.3 Å². The van der Waals surface area contributed by atoms with E-state index in [0.717, 1.165) is 54.3 Å². The Morgan fingerprint density at radius 2 is 1.58 bits per heavy atom. The fourth-order valence-corrected chi connectivity index (χ4v) is 3.43. The summed E-state index contributed by atoms with van der Waals surface area (Å²) in [6, 6.07) is 17.3. The Morgan fingerprint density at radius 3 is 2.10 bits per heavy atom. The molecule has 3 rings (SSSR count). The third-order valence-corrected chi connectivity index (χ3v) is 5.11. The molecule has 7 heteroatoms. The predicted octanol–water partition coefficient (Wildman–Crippen LogP) is 3.37. The van der Waals surface area contributed by atoms with Gasteiger partial charge in [0, 0.05) is 11.5 Å². The van der Waals surface area contributed by atoms with Gasteiger partial charge in [0.15, 0.2) is 0 Å². The number of nitrogens with one attached hydrogen (secondary N) is 2. The highest BCUT2D eigenvalue weighted by Gasteiger charge is 2.19. The molecule has 0 atom stereocenters. The Bertz CT molecular complexity index is 900. The summed E-state index contributed by atoms with van der Waals surface area (Å²) in [6.45, 7) is 3.89. The van der Waals surface area contributed by atoms with Gasteiger partial charge in [0.25, 0.3) is 0 Å². The first-order valence-electron chi connectivity index (χ1n) is 10.3. The zero-order valence-electron chi connectivity index (χ0n) is 18.5. The maximum Gasteiger partial charge on any atom is 0.118 e. The number of carbonyl (C=O) groups excluding carboxylic acids is 1. The van der Waals surface area contributed by atoms with Gasteiger partial charge in [0.05, 0.1) is 24.2 Å². The van der Waals surface area contributed by atoms with Crippen molar-refractivity contribution in [2.24, 2.45) is 0 Å². The molecule has 0 bridgehead atoms. The molecule has 0 aliphatic heterocycles. The van der Waals surface area contributed by atoms with Crippen LogP contribution in [0.25, 0.3) is 16.9 Å². The molecular weight excluding hydrogens is 392 g/mol. The number of phenolic OH excluding ortho intramolecular Hbond substituents is 1. The van der Waals surface area contributed by atoms with Crippen LogP contribution in [-0.2, 0) is 4.79 Å². The lowest BCUT2D eigenvalue weighted by Crippen LogP contribution is -2.17. The summed E-state index contributed by atoms with van der Waals surface area (Å²) in [5.41, 5.74) is 4.08. The molecule has 1 aromatic heterocycles. The smallest absolute Gasteiger partial charge is 0.118 e. The van der Waals surface area contributed by atoms with Crippen molar-refractivity contribution in [3.63, 3.8) is 0 Å². The van der Waals surface area contributed by atoms with Gasteiger partial charge in [0.1, 0.15) is 18.3 Å². The summed E-state index contributed by atoms with van der Waals surface area (Å²) in [5.74, 6) is 1.42. The molecule has 3 aromatic rings. The van der Waals surface area contributed by atoms with Crippen molar-refractivity contribution in [3.05, 3.63) is 60.3 Å². The molecule has 0 saturated heterocycles. The Morgan fingerprint density at radius 1 is 1.00 bits per heavy atom. The third kappa shape index (κ3) is 6.41. The van der Waals surface area contributed by atoms with Crippen LogP contribution in [0.15, 0.2) is 54.6 Å². The van der Waals surface area contributed by atoms with Crippen LogP contribution in [0.3, 0.4) is 0 Å². The quantitative estimate of drug-likeness (QED) is 0.462. The van der Waals surface area contributed by atoms with Crippen molar-refractivity contribution < 1.29 is 14.6 Å². The average molecular weight is 425 g/mol. The Kier molecular flexibility index (Phi) is 9.74. The first kappa shape index (κ1) is 24.1. The van der Waals surface area contributed by atoms with Gasteiger partial charge >= 0.3 is 0 Å². The van der Waals surface area contributed by atoms with Gasteiger partial charge in [-0.1, -0.05) is 0 Å². The normalized spacial score (nSPS) is 10.6. The van der Waals surface area contributed by atoms with E-state index in [-0.39, 0.29) is 5.75 Å². The monoisotopic (exact) mass is 424 g/mol. The number of hydrogen-bond acceptors (Lipinski definition) is 6. The fraction of sp³-hybridized carbons (Fsp3) is 0.333. The highest BCUT2D eigenvalue weighted by Crippen LogP contribution is 2.31. The number of aromatic hydroxyl groups is 1. The zero-order chi connectivity index (χ0) is 22.6. The second-order valence-corrected chi connectivity index (χ2v) is 7.09. The second-order valence-electron chi connectivity index (χ2n) is 7.09. The van der Waals surface area contributed by atoms with Crippen molar-refractivity contribution in [2.45, 2.75) is 18.8 Å². The first-order valence-corrected chi connectivity index (χ1v) is 10.3. The van der Waals surface area contributed by atoms with Gasteiger partial charge in [-0.05, 0) is 94.6 Å². The summed E-state index contributed by atoms with van der Waals surface area (Å²) in [6.07, 6.45) is 2.04. The van der Waals surface area contributed by atoms with Gasteiger partial charge in [-0.15, -0.1) is 0 Å². The Hall–Kier alpha value is -3.16. The number of nitrogens with zero attached hydrogens (tertiary/aromatic N) is 2. The van der Waals surface area contributed by atoms with E-state index in [4.69, 9.17) is 14.6 Å². The molecule has 0 unspecified atom stereocenters. The van der Waals surface area contributed by atoms with Crippen molar-refractivity contribution in [1.29, 1.82) is 0 Å². The maximum atomic E-state index is 9.68. The Labute approximate surface area is 184 Å². The average Bonchev–Trinajstić information content (AvgIpc) is 3.26. The van der Waals surface area contributed by atoms with Gasteiger partial charge < -0.3 is 25.3 Å². The van der Waals surface area contributed by atoms with E-state index < -0.39 is 0 Å². The third-order valence-electron chi connectivity index (χ3n) is 5.11. The van der Waals surface area contributed by atoms with E-state index in [2.05, 4.69) is 16.7 Å². The number of benzene rings is 2. The lowest BCUT2D eigenvalue weighted by Gasteiger charge is -2.14.